The number of benzene rings is 1. The van der Waals surface area contributed by atoms with Crippen LogP contribution in [0.5, 0.6) is 0 Å². The van der Waals surface area contributed by atoms with Gasteiger partial charge in [-0.3, -0.25) is 4.79 Å². The average molecular weight is 276 g/mol. The Labute approximate surface area is 120 Å². The Morgan fingerprint density at radius 3 is 2.75 bits per heavy atom. The molecule has 0 unspecified atom stereocenters. The van der Waals surface area contributed by atoms with Crippen LogP contribution < -0.4 is 10.2 Å². The van der Waals surface area contributed by atoms with Crippen LogP contribution in [0.1, 0.15) is 25.8 Å². The van der Waals surface area contributed by atoms with E-state index in [-0.39, 0.29) is 30.5 Å². The lowest BCUT2D eigenvalue weighted by Crippen LogP contribution is -2.51. The van der Waals surface area contributed by atoms with Crippen molar-refractivity contribution in [2.24, 2.45) is 5.92 Å². The number of carbonyl (C=O) groups excluding carboxylic acids is 1. The molecular formula is C16H24N2O2. The van der Waals surface area contributed by atoms with Gasteiger partial charge in [0, 0.05) is 12.7 Å². The van der Waals surface area contributed by atoms with Gasteiger partial charge in [0.2, 0.25) is 5.91 Å². The van der Waals surface area contributed by atoms with Crippen LogP contribution in [0.2, 0.25) is 0 Å². The predicted octanol–water partition coefficient (Wildman–Crippen LogP) is 1.57. The molecule has 1 aliphatic rings. The normalized spacial score (nSPS) is 23.6. The molecule has 2 N–H and O–H groups in total. The summed E-state index contributed by atoms with van der Waals surface area (Å²) in [5, 5.41) is 12.4. The maximum atomic E-state index is 12.5. The average Bonchev–Trinajstić information content (AvgIpc) is 2.47. The molecule has 0 saturated heterocycles. The van der Waals surface area contributed by atoms with Crippen molar-refractivity contribution in [2.75, 3.05) is 18.6 Å². The smallest absolute Gasteiger partial charge is 0.243 e. The maximum absolute atomic E-state index is 12.5. The van der Waals surface area contributed by atoms with Crippen LogP contribution in [0.4, 0.5) is 5.69 Å². The van der Waals surface area contributed by atoms with Gasteiger partial charge in [-0.05, 0) is 30.4 Å². The fourth-order valence-corrected chi connectivity index (χ4v) is 2.97. The molecule has 1 aromatic carbocycles. The Hall–Kier alpha value is -1.55. The Kier molecular flexibility index (Phi) is 4.65. The first-order valence-electron chi connectivity index (χ1n) is 7.26. The van der Waals surface area contributed by atoms with Crippen LogP contribution >= 0.6 is 0 Å². The fourth-order valence-electron chi connectivity index (χ4n) is 2.97. The number of hydrogen-bond donors (Lipinski definition) is 2. The summed E-state index contributed by atoms with van der Waals surface area (Å²) in [6.07, 6.45) is 1.62. The number of aliphatic hydroxyl groups excluding tert-OH is 1. The lowest BCUT2D eigenvalue weighted by Gasteiger charge is -2.33. The van der Waals surface area contributed by atoms with Crippen LogP contribution in [-0.2, 0) is 11.2 Å². The molecule has 2 rings (SSSR count). The zero-order valence-corrected chi connectivity index (χ0v) is 12.5. The van der Waals surface area contributed by atoms with E-state index < -0.39 is 0 Å². The van der Waals surface area contributed by atoms with Crippen LogP contribution in [-0.4, -0.2) is 36.8 Å². The highest BCUT2D eigenvalue weighted by molar-refractivity contribution is 5.86. The number of amides is 1. The van der Waals surface area contributed by atoms with E-state index in [1.54, 1.807) is 0 Å². The first-order valence-corrected chi connectivity index (χ1v) is 7.26. The van der Waals surface area contributed by atoms with E-state index in [9.17, 15) is 9.90 Å². The van der Waals surface area contributed by atoms with Gasteiger partial charge >= 0.3 is 0 Å². The number of hydrogen-bond acceptors (Lipinski definition) is 3. The second-order valence-electron chi connectivity index (χ2n) is 5.86. The Morgan fingerprint density at radius 1 is 1.40 bits per heavy atom. The van der Waals surface area contributed by atoms with Gasteiger partial charge in [0.15, 0.2) is 0 Å². The molecule has 4 heteroatoms. The molecule has 1 aliphatic heterocycles. The highest BCUT2D eigenvalue weighted by Crippen LogP contribution is 2.26. The van der Waals surface area contributed by atoms with E-state index in [0.29, 0.717) is 0 Å². The number of para-hydroxylation sites is 1. The lowest BCUT2D eigenvalue weighted by molar-refractivity contribution is -0.124. The van der Waals surface area contributed by atoms with E-state index >= 15 is 0 Å². The van der Waals surface area contributed by atoms with Crippen molar-refractivity contribution in [1.82, 2.24) is 5.32 Å². The molecule has 0 saturated carbocycles. The summed E-state index contributed by atoms with van der Waals surface area (Å²) < 4.78 is 0. The van der Waals surface area contributed by atoms with Gasteiger partial charge in [0.1, 0.15) is 6.04 Å². The summed E-state index contributed by atoms with van der Waals surface area (Å²) >= 11 is 0. The third-order valence-corrected chi connectivity index (χ3v) is 4.02. The van der Waals surface area contributed by atoms with Gasteiger partial charge in [-0.1, -0.05) is 32.0 Å². The van der Waals surface area contributed by atoms with E-state index in [4.69, 9.17) is 0 Å². The molecule has 4 nitrogen and oxygen atoms in total. The van der Waals surface area contributed by atoms with Crippen molar-refractivity contribution in [3.63, 3.8) is 0 Å². The van der Waals surface area contributed by atoms with Gasteiger partial charge in [0.05, 0.1) is 12.6 Å². The third kappa shape index (κ3) is 2.96. The minimum atomic E-state index is -0.219. The third-order valence-electron chi connectivity index (χ3n) is 4.02. The summed E-state index contributed by atoms with van der Waals surface area (Å²) in [7, 11) is 1.97. The SMILES string of the molecule is CC(C)[C@@H]1C(=O)N[C@H](CO)CCc2ccccc2N1C. The second kappa shape index (κ2) is 6.27. The van der Waals surface area contributed by atoms with Gasteiger partial charge < -0.3 is 15.3 Å². The molecular weight excluding hydrogens is 252 g/mol. The number of carbonyl (C=O) groups is 1. The van der Waals surface area contributed by atoms with Gasteiger partial charge in [0.25, 0.3) is 0 Å². The van der Waals surface area contributed by atoms with Crippen molar-refractivity contribution in [2.45, 2.75) is 38.8 Å². The van der Waals surface area contributed by atoms with Crippen molar-refractivity contribution in [3.8, 4) is 0 Å². The number of likely N-dealkylation sites (N-methyl/N-ethyl adjacent to an activating group) is 1. The Morgan fingerprint density at radius 2 is 2.10 bits per heavy atom. The minimum absolute atomic E-state index is 0.00162. The first-order chi connectivity index (χ1) is 9.54. The van der Waals surface area contributed by atoms with Crippen molar-refractivity contribution in [1.29, 1.82) is 0 Å². The fraction of sp³-hybridized carbons (Fsp3) is 0.562. The molecule has 2 atom stereocenters. The molecule has 1 heterocycles. The summed E-state index contributed by atoms with van der Waals surface area (Å²) in [4.78, 5) is 14.6. The van der Waals surface area contributed by atoms with Crippen LogP contribution in [0.3, 0.4) is 0 Å². The van der Waals surface area contributed by atoms with Gasteiger partial charge in [-0.15, -0.1) is 0 Å². The molecule has 20 heavy (non-hydrogen) atoms. The predicted molar refractivity (Wildman–Crippen MR) is 80.8 cm³/mol. The van der Waals surface area contributed by atoms with Gasteiger partial charge in [-0.25, -0.2) is 0 Å². The first kappa shape index (κ1) is 14.9. The number of anilines is 1. The summed E-state index contributed by atoms with van der Waals surface area (Å²) in [6, 6.07) is 7.82. The molecule has 0 spiro atoms. The van der Waals surface area contributed by atoms with Crippen LogP contribution in [0.25, 0.3) is 0 Å². The van der Waals surface area contributed by atoms with Crippen molar-refractivity contribution < 1.29 is 9.90 Å². The number of fused-ring (bicyclic) bond motifs is 1. The van der Waals surface area contributed by atoms with Crippen LogP contribution in [0, 0.1) is 5.92 Å². The zero-order chi connectivity index (χ0) is 14.7. The molecule has 1 aromatic rings. The van der Waals surface area contributed by atoms with E-state index in [1.807, 2.05) is 19.2 Å². The summed E-state index contributed by atoms with van der Waals surface area (Å²) in [5.41, 5.74) is 2.34. The molecule has 0 aliphatic carbocycles. The van der Waals surface area contributed by atoms with Crippen molar-refractivity contribution in [3.05, 3.63) is 29.8 Å². The summed E-state index contributed by atoms with van der Waals surface area (Å²) in [6.45, 7) is 4.09. The van der Waals surface area contributed by atoms with E-state index in [1.165, 1.54) is 5.56 Å². The molecule has 0 bridgehead atoms. The van der Waals surface area contributed by atoms with Crippen LogP contribution in [0.15, 0.2) is 24.3 Å². The molecule has 1 amide bonds. The lowest BCUT2D eigenvalue weighted by atomic mass is 10.00. The molecule has 0 fully saturated rings. The Bertz CT molecular complexity index is 473. The minimum Gasteiger partial charge on any atom is -0.394 e. The van der Waals surface area contributed by atoms with Crippen molar-refractivity contribution >= 4 is 11.6 Å². The number of rotatable bonds is 2. The zero-order valence-electron chi connectivity index (χ0n) is 12.5. The number of aliphatic hydroxyl groups is 1. The maximum Gasteiger partial charge on any atom is 0.243 e. The number of nitrogens with one attached hydrogen (secondary N) is 1. The molecule has 0 radical (unpaired) electrons. The van der Waals surface area contributed by atoms with E-state index in [0.717, 1.165) is 18.5 Å². The number of aryl methyl sites for hydroxylation is 1. The molecule has 110 valence electrons. The second-order valence-corrected chi connectivity index (χ2v) is 5.86. The molecule has 0 aromatic heterocycles. The Balaban J connectivity index is 2.43. The number of nitrogens with zero attached hydrogens (tertiary/aromatic N) is 1. The quantitative estimate of drug-likeness (QED) is 0.862. The van der Waals surface area contributed by atoms with E-state index in [2.05, 4.69) is 36.2 Å². The van der Waals surface area contributed by atoms with Gasteiger partial charge in [-0.2, -0.15) is 0 Å². The highest BCUT2D eigenvalue weighted by atomic mass is 16.3. The highest BCUT2D eigenvalue weighted by Gasteiger charge is 2.30. The monoisotopic (exact) mass is 276 g/mol. The standard InChI is InChI=1S/C16H24N2O2/c1-11(2)15-16(20)17-13(10-19)9-8-12-6-4-5-7-14(12)18(15)3/h4-7,11,13,15,19H,8-10H2,1-3H3,(H,17,20)/t13-,15+/m0/s1. The summed E-state index contributed by atoms with van der Waals surface area (Å²) in [5.74, 6) is 0.198. The largest absolute Gasteiger partial charge is 0.394 e. The topological polar surface area (TPSA) is 52.6 Å².